The summed E-state index contributed by atoms with van der Waals surface area (Å²) in [5.74, 6) is 1.68. The molecule has 60 valence electrons. The van der Waals surface area contributed by atoms with E-state index in [-0.39, 0.29) is 12.4 Å². The number of aromatic amines is 1. The summed E-state index contributed by atoms with van der Waals surface area (Å²) in [5.41, 5.74) is 0. The fourth-order valence-electron chi connectivity index (χ4n) is 1.18. The lowest BCUT2D eigenvalue weighted by molar-refractivity contribution is -0.124. The number of H-pyrrole nitrogens is 1. The van der Waals surface area contributed by atoms with E-state index >= 15 is 0 Å². The van der Waals surface area contributed by atoms with Gasteiger partial charge in [0.05, 0.1) is 0 Å². The van der Waals surface area contributed by atoms with Crippen LogP contribution >= 0.6 is 12.4 Å². The minimum absolute atomic E-state index is 0. The maximum atomic E-state index is 10.6. The molecule has 1 aliphatic rings. The third-order valence-corrected chi connectivity index (χ3v) is 1.85. The van der Waals surface area contributed by atoms with Crippen LogP contribution in [0.15, 0.2) is 12.4 Å². The molecule has 0 aliphatic heterocycles. The van der Waals surface area contributed by atoms with Gasteiger partial charge in [0, 0.05) is 31.2 Å². The van der Waals surface area contributed by atoms with Crippen molar-refractivity contribution >= 4 is 18.2 Å². The zero-order valence-electron chi connectivity index (χ0n) is 5.91. The van der Waals surface area contributed by atoms with Crippen LogP contribution in [0.25, 0.3) is 0 Å². The summed E-state index contributed by atoms with van der Waals surface area (Å²) in [7, 11) is 0. The van der Waals surface area contributed by atoms with Gasteiger partial charge in [-0.1, -0.05) is 0 Å². The molecule has 1 fully saturated rings. The molecule has 0 unspecified atom stereocenters. The summed E-state index contributed by atoms with van der Waals surface area (Å²) in [6.45, 7) is 0. The number of carbonyl (C=O) groups is 1. The fraction of sp³-hybridized carbons (Fsp3) is 0.429. The Balaban J connectivity index is 0.000000605. The number of hydrogen-bond acceptors (Lipinski definition) is 2. The van der Waals surface area contributed by atoms with E-state index in [1.54, 1.807) is 12.4 Å². The Hall–Kier alpha value is -0.830. The van der Waals surface area contributed by atoms with Gasteiger partial charge in [0.15, 0.2) is 0 Å². The van der Waals surface area contributed by atoms with Crippen LogP contribution in [0.4, 0.5) is 0 Å². The van der Waals surface area contributed by atoms with E-state index in [0.717, 1.165) is 5.82 Å². The molecule has 3 nitrogen and oxygen atoms in total. The minimum atomic E-state index is 0. The molecule has 0 saturated heterocycles. The second-order valence-corrected chi connectivity index (χ2v) is 2.62. The van der Waals surface area contributed by atoms with Crippen molar-refractivity contribution in [3.8, 4) is 0 Å². The van der Waals surface area contributed by atoms with Crippen molar-refractivity contribution < 1.29 is 4.79 Å². The molecule has 1 aromatic heterocycles. The van der Waals surface area contributed by atoms with E-state index in [2.05, 4.69) is 9.97 Å². The average Bonchev–Trinajstić information content (AvgIpc) is 2.31. The van der Waals surface area contributed by atoms with E-state index < -0.39 is 0 Å². The van der Waals surface area contributed by atoms with Crippen molar-refractivity contribution in [2.24, 2.45) is 0 Å². The number of hydrogen-bond donors (Lipinski definition) is 1. The Morgan fingerprint density at radius 1 is 1.55 bits per heavy atom. The first-order valence-electron chi connectivity index (χ1n) is 3.37. The fourth-order valence-corrected chi connectivity index (χ4v) is 1.18. The van der Waals surface area contributed by atoms with Crippen LogP contribution in [-0.4, -0.2) is 15.8 Å². The predicted molar refractivity (Wildman–Crippen MR) is 42.8 cm³/mol. The number of nitrogens with zero attached hydrogens (tertiary/aromatic N) is 1. The normalized spacial score (nSPS) is 17.3. The summed E-state index contributed by atoms with van der Waals surface area (Å²) < 4.78 is 0. The maximum absolute atomic E-state index is 10.6. The number of halogens is 1. The standard InChI is InChI=1S/C7H8N2O.ClH/c10-6-3-5(4-6)7-8-1-2-9-7;/h1-2,5H,3-4H2,(H,8,9);1H. The van der Waals surface area contributed by atoms with Crippen LogP contribution in [0.3, 0.4) is 0 Å². The highest BCUT2D eigenvalue weighted by atomic mass is 35.5. The smallest absolute Gasteiger partial charge is 0.134 e. The van der Waals surface area contributed by atoms with E-state index in [0.29, 0.717) is 24.5 Å². The topological polar surface area (TPSA) is 45.8 Å². The molecule has 0 amide bonds. The summed E-state index contributed by atoms with van der Waals surface area (Å²) in [5, 5.41) is 0. The minimum Gasteiger partial charge on any atom is -0.348 e. The Bertz CT molecular complexity index is 237. The summed E-state index contributed by atoms with van der Waals surface area (Å²) in [6, 6.07) is 0. The molecule has 0 aromatic carbocycles. The molecule has 1 aliphatic carbocycles. The van der Waals surface area contributed by atoms with E-state index in [9.17, 15) is 4.79 Å². The third-order valence-electron chi connectivity index (χ3n) is 1.85. The molecular formula is C7H9ClN2O. The van der Waals surface area contributed by atoms with Gasteiger partial charge in [0.2, 0.25) is 0 Å². The zero-order valence-corrected chi connectivity index (χ0v) is 6.73. The number of imidazole rings is 1. The molecule has 4 heteroatoms. The average molecular weight is 173 g/mol. The van der Waals surface area contributed by atoms with Gasteiger partial charge in [0.1, 0.15) is 11.6 Å². The summed E-state index contributed by atoms with van der Waals surface area (Å²) >= 11 is 0. The Morgan fingerprint density at radius 3 is 2.73 bits per heavy atom. The second kappa shape index (κ2) is 3.05. The SMILES string of the molecule is Cl.O=C1CC(c2ncc[nH]2)C1. The first-order valence-corrected chi connectivity index (χ1v) is 3.37. The van der Waals surface area contributed by atoms with E-state index in [1.807, 2.05) is 0 Å². The van der Waals surface area contributed by atoms with Crippen LogP contribution in [-0.2, 0) is 4.79 Å². The Labute approximate surface area is 70.6 Å². The second-order valence-electron chi connectivity index (χ2n) is 2.62. The van der Waals surface area contributed by atoms with Crippen LogP contribution in [0.2, 0.25) is 0 Å². The van der Waals surface area contributed by atoms with Gasteiger partial charge in [-0.2, -0.15) is 0 Å². The molecule has 1 heterocycles. The number of carbonyl (C=O) groups excluding carboxylic acids is 1. The lowest BCUT2D eigenvalue weighted by Crippen LogP contribution is -2.21. The Kier molecular flexibility index (Phi) is 2.29. The summed E-state index contributed by atoms with van der Waals surface area (Å²) in [6.07, 6.45) is 4.86. The van der Waals surface area contributed by atoms with Gasteiger partial charge in [-0.3, -0.25) is 4.79 Å². The van der Waals surface area contributed by atoms with E-state index in [1.165, 1.54) is 0 Å². The van der Waals surface area contributed by atoms with Gasteiger partial charge in [-0.15, -0.1) is 12.4 Å². The molecule has 0 spiro atoms. The zero-order chi connectivity index (χ0) is 6.97. The predicted octanol–water partition coefficient (Wildman–Crippen LogP) is 1.28. The summed E-state index contributed by atoms with van der Waals surface area (Å²) in [4.78, 5) is 17.6. The molecule has 11 heavy (non-hydrogen) atoms. The van der Waals surface area contributed by atoms with Gasteiger partial charge < -0.3 is 4.98 Å². The van der Waals surface area contributed by atoms with Crippen LogP contribution < -0.4 is 0 Å². The lowest BCUT2D eigenvalue weighted by Gasteiger charge is -2.21. The Morgan fingerprint density at radius 2 is 2.27 bits per heavy atom. The van der Waals surface area contributed by atoms with Gasteiger partial charge >= 0.3 is 0 Å². The van der Waals surface area contributed by atoms with Crippen LogP contribution in [0.5, 0.6) is 0 Å². The maximum Gasteiger partial charge on any atom is 0.134 e. The molecular weight excluding hydrogens is 164 g/mol. The number of Topliss-reactive ketones (excluding diaryl/α,β-unsaturated/α-hetero) is 1. The van der Waals surface area contributed by atoms with Gasteiger partial charge in [-0.25, -0.2) is 4.98 Å². The van der Waals surface area contributed by atoms with Crippen molar-refractivity contribution in [3.05, 3.63) is 18.2 Å². The molecule has 2 rings (SSSR count). The van der Waals surface area contributed by atoms with Crippen molar-refractivity contribution in [2.75, 3.05) is 0 Å². The highest BCUT2D eigenvalue weighted by Gasteiger charge is 2.29. The van der Waals surface area contributed by atoms with Gasteiger partial charge in [-0.05, 0) is 0 Å². The molecule has 0 radical (unpaired) electrons. The lowest BCUT2D eigenvalue weighted by atomic mass is 9.83. The number of rotatable bonds is 1. The first kappa shape index (κ1) is 8.27. The largest absolute Gasteiger partial charge is 0.348 e. The third kappa shape index (κ3) is 1.43. The number of aromatic nitrogens is 2. The van der Waals surface area contributed by atoms with Crippen LogP contribution in [0.1, 0.15) is 24.6 Å². The quantitative estimate of drug-likeness (QED) is 0.694. The van der Waals surface area contributed by atoms with E-state index in [4.69, 9.17) is 0 Å². The van der Waals surface area contributed by atoms with Crippen LogP contribution in [0, 0.1) is 0 Å². The monoisotopic (exact) mass is 172 g/mol. The molecule has 0 bridgehead atoms. The van der Waals surface area contributed by atoms with Gasteiger partial charge in [0.25, 0.3) is 0 Å². The number of nitrogens with one attached hydrogen (secondary N) is 1. The van der Waals surface area contributed by atoms with Crippen molar-refractivity contribution in [3.63, 3.8) is 0 Å². The van der Waals surface area contributed by atoms with Crippen molar-refractivity contribution in [1.82, 2.24) is 9.97 Å². The molecule has 1 N–H and O–H groups in total. The molecule has 0 atom stereocenters. The highest BCUT2D eigenvalue weighted by Crippen LogP contribution is 2.30. The molecule has 1 aromatic rings. The van der Waals surface area contributed by atoms with Crippen molar-refractivity contribution in [1.29, 1.82) is 0 Å². The molecule has 1 saturated carbocycles. The first-order chi connectivity index (χ1) is 4.86. The highest BCUT2D eigenvalue weighted by molar-refractivity contribution is 5.86. The van der Waals surface area contributed by atoms with Crippen molar-refractivity contribution in [2.45, 2.75) is 18.8 Å². The number of ketones is 1.